The van der Waals surface area contributed by atoms with Crippen LogP contribution in [0, 0.1) is 0 Å². The van der Waals surface area contributed by atoms with E-state index >= 15 is 0 Å². The number of unbranched alkanes of at least 4 members (excludes halogenated alkanes) is 18. The van der Waals surface area contributed by atoms with Gasteiger partial charge in [-0.05, 0) is 47.2 Å². The molecule has 2 aromatic heterocycles. The molecule has 0 spiro atoms. The molecule has 4 N–H and O–H groups in total. The van der Waals surface area contributed by atoms with Crippen LogP contribution in [0.3, 0.4) is 0 Å². The number of aryl methyl sites for hydroxylation is 2. The van der Waals surface area contributed by atoms with Crippen LogP contribution in [0.5, 0.6) is 0 Å². The molecule has 1 aliphatic heterocycles. The van der Waals surface area contributed by atoms with E-state index in [1.165, 1.54) is 103 Å². The van der Waals surface area contributed by atoms with Gasteiger partial charge in [-0.25, -0.2) is 9.13 Å². The first-order chi connectivity index (χ1) is 31.3. The lowest BCUT2D eigenvalue weighted by Crippen LogP contribution is -2.38. The first-order valence-corrected chi connectivity index (χ1v) is 24.7. The highest BCUT2D eigenvalue weighted by molar-refractivity contribution is 5.99. The zero-order valence-electron chi connectivity index (χ0n) is 39.0. The Labute approximate surface area is 383 Å². The molecule has 4 amide bonds. The maximum absolute atomic E-state index is 13.7. The van der Waals surface area contributed by atoms with Crippen LogP contribution in [-0.2, 0) is 39.3 Å². The Kier molecular flexibility index (Phi) is 22.0. The van der Waals surface area contributed by atoms with Gasteiger partial charge >= 0.3 is 0 Å². The van der Waals surface area contributed by atoms with Crippen LogP contribution in [0.4, 0.5) is 0 Å². The molecule has 0 saturated heterocycles. The topological polar surface area (TPSA) is 124 Å². The van der Waals surface area contributed by atoms with Crippen molar-refractivity contribution in [1.82, 2.24) is 21.3 Å². The van der Waals surface area contributed by atoms with Crippen LogP contribution in [0.25, 0.3) is 0 Å². The summed E-state index contributed by atoms with van der Waals surface area (Å²) in [6, 6.07) is 18.9. The number of pyridine rings is 2. The molecule has 344 valence electrons. The third-order valence-electron chi connectivity index (χ3n) is 12.2. The molecule has 0 atom stereocenters. The predicted octanol–water partition coefficient (Wildman–Crippen LogP) is 10.1. The Balaban J connectivity index is 1.28. The minimum Gasteiger partial charge on any atom is -0.348 e. The molecule has 0 unspecified atom stereocenters. The van der Waals surface area contributed by atoms with Crippen molar-refractivity contribution in [2.75, 3.05) is 0 Å². The number of fused-ring (bicyclic) bond motifs is 8. The number of benzene rings is 2. The minimum atomic E-state index is -0.264. The number of rotatable bonds is 22. The Morgan fingerprint density at radius 1 is 0.359 bits per heavy atom. The zero-order chi connectivity index (χ0) is 45.2. The molecule has 0 aliphatic carbocycles. The van der Waals surface area contributed by atoms with Crippen molar-refractivity contribution < 1.29 is 28.3 Å². The molecule has 8 bridgehead atoms. The highest BCUT2D eigenvalue weighted by Gasteiger charge is 2.20. The molecule has 0 radical (unpaired) electrons. The second-order valence-corrected chi connectivity index (χ2v) is 17.8. The number of nitrogens with one attached hydrogen (secondary N) is 4. The third kappa shape index (κ3) is 18.0. The summed E-state index contributed by atoms with van der Waals surface area (Å²) in [6.07, 6.45) is 32.0. The number of nitrogens with zero attached hydrogens (tertiary/aromatic N) is 2. The van der Waals surface area contributed by atoms with Crippen molar-refractivity contribution in [2.45, 2.75) is 182 Å². The smallest absolute Gasteiger partial charge is 0.257 e. The highest BCUT2D eigenvalue weighted by Crippen LogP contribution is 2.14. The van der Waals surface area contributed by atoms with Gasteiger partial charge in [-0.15, -0.1) is 0 Å². The second-order valence-electron chi connectivity index (χ2n) is 17.8. The Morgan fingerprint density at radius 2 is 0.609 bits per heavy atom. The summed E-state index contributed by atoms with van der Waals surface area (Å²) < 4.78 is 3.94. The van der Waals surface area contributed by atoms with E-state index in [0.717, 1.165) is 47.9 Å². The van der Waals surface area contributed by atoms with Gasteiger partial charge in [0.15, 0.2) is 24.8 Å². The van der Waals surface area contributed by atoms with Gasteiger partial charge in [0, 0.05) is 39.0 Å². The molecular weight excluding hydrogens is 797 g/mol. The van der Waals surface area contributed by atoms with Crippen molar-refractivity contribution in [3.05, 3.63) is 130 Å². The van der Waals surface area contributed by atoms with Crippen LogP contribution in [0.2, 0.25) is 0 Å². The quantitative estimate of drug-likeness (QED) is 0.0464. The van der Waals surface area contributed by atoms with Gasteiger partial charge in [0.2, 0.25) is 0 Å². The summed E-state index contributed by atoms with van der Waals surface area (Å²) in [4.78, 5) is 54.8. The summed E-state index contributed by atoms with van der Waals surface area (Å²) in [5, 5.41) is 12.2. The van der Waals surface area contributed by atoms with Gasteiger partial charge in [0.05, 0.1) is 0 Å². The second kappa shape index (κ2) is 28.4. The molecule has 0 fully saturated rings. The minimum absolute atomic E-state index is 0.264. The molecule has 0 saturated carbocycles. The zero-order valence-corrected chi connectivity index (χ0v) is 39.0. The molecule has 10 nitrogen and oxygen atoms in total. The van der Waals surface area contributed by atoms with Gasteiger partial charge < -0.3 is 21.3 Å². The SMILES string of the molecule is CCCCCCCCCCCC[n+]1cc2cc(c1)C(=O)NCc1cccc(c1)CNC(=O)c1cc(c[n+](CCCCCCCCCCCC)c1)C(=O)NCc1cccc(c1)CNC2=O. The first-order valence-electron chi connectivity index (χ1n) is 24.7. The van der Waals surface area contributed by atoms with Crippen molar-refractivity contribution in [2.24, 2.45) is 0 Å². The number of carbonyl (C=O) groups is 4. The summed E-state index contributed by atoms with van der Waals surface area (Å²) >= 11 is 0. The summed E-state index contributed by atoms with van der Waals surface area (Å²) in [5.74, 6) is -1.05. The predicted molar refractivity (Wildman–Crippen MR) is 255 cm³/mol. The fourth-order valence-electron chi connectivity index (χ4n) is 8.43. The van der Waals surface area contributed by atoms with E-state index in [2.05, 4.69) is 35.1 Å². The molecule has 5 rings (SSSR count). The first kappa shape index (κ1) is 49.6. The Morgan fingerprint density at radius 3 is 0.875 bits per heavy atom. The van der Waals surface area contributed by atoms with Crippen molar-refractivity contribution >= 4 is 23.6 Å². The van der Waals surface area contributed by atoms with E-state index in [1.54, 1.807) is 12.1 Å². The Bertz CT molecular complexity index is 1830. The van der Waals surface area contributed by atoms with Crippen LogP contribution in [-0.4, -0.2) is 23.6 Å². The molecule has 4 aromatic rings. The molecule has 10 heteroatoms. The maximum atomic E-state index is 13.7. The van der Waals surface area contributed by atoms with Gasteiger partial charge in [0.25, 0.3) is 23.6 Å². The van der Waals surface area contributed by atoms with Gasteiger partial charge in [-0.2, -0.15) is 0 Å². The lowest BCUT2D eigenvalue weighted by Gasteiger charge is -2.11. The fourth-order valence-corrected chi connectivity index (χ4v) is 8.43. The number of amides is 4. The van der Waals surface area contributed by atoms with E-state index in [4.69, 9.17) is 0 Å². The summed E-state index contributed by atoms with van der Waals surface area (Å²) in [7, 11) is 0. The van der Waals surface area contributed by atoms with Crippen molar-refractivity contribution in [3.8, 4) is 0 Å². The standard InChI is InChI=1S/C54H74N6O4/c1-3-5-7-9-11-13-15-17-19-21-29-59-39-47-33-48(40-59)52(62)56-36-44-26-24-28-46(32-44)38-58-54(64)50-34-49(41-60(42-50)30-22-20-18-16-14-12-10-8-6-4-2)53(63)57-37-45-27-23-25-43(31-45)35-55-51(47)61/h23-28,31-34,39-42H,3-22,29-30,35-38H2,1-2H3,(H2-2,55,56,57,58,61,62,63,64)/p+2. The molecule has 3 heterocycles. The van der Waals surface area contributed by atoms with Crippen molar-refractivity contribution in [1.29, 1.82) is 0 Å². The number of aromatic nitrogens is 2. The van der Waals surface area contributed by atoms with Gasteiger partial charge in [0.1, 0.15) is 35.3 Å². The monoisotopic (exact) mass is 873 g/mol. The fraction of sp³-hybridized carbons (Fsp3) is 0.519. The van der Waals surface area contributed by atoms with Crippen LogP contribution >= 0.6 is 0 Å². The van der Waals surface area contributed by atoms with Crippen molar-refractivity contribution in [3.63, 3.8) is 0 Å². The van der Waals surface area contributed by atoms with Crippen LogP contribution in [0.1, 0.15) is 206 Å². The molecule has 1 aliphatic rings. The van der Waals surface area contributed by atoms with E-state index in [-0.39, 0.29) is 49.8 Å². The van der Waals surface area contributed by atoms with Crippen LogP contribution in [0.15, 0.2) is 85.5 Å². The normalized spacial score (nSPS) is 13.7. The number of carbonyl (C=O) groups excluding carboxylic acids is 4. The summed E-state index contributed by atoms with van der Waals surface area (Å²) in [5.41, 5.74) is 5.22. The average molecular weight is 873 g/mol. The maximum Gasteiger partial charge on any atom is 0.257 e. The average Bonchev–Trinajstić information content (AvgIpc) is 3.31. The molecule has 2 aromatic carbocycles. The number of hydrogen-bond donors (Lipinski definition) is 4. The lowest BCUT2D eigenvalue weighted by atomic mass is 10.1. The lowest BCUT2D eigenvalue weighted by molar-refractivity contribution is -0.697. The Hall–Kier alpha value is -5.38. The molecule has 64 heavy (non-hydrogen) atoms. The molecular formula is C54H76N6O4+2. The van der Waals surface area contributed by atoms with Gasteiger partial charge in [-0.3, -0.25) is 19.2 Å². The van der Waals surface area contributed by atoms with Gasteiger partial charge in [-0.1, -0.05) is 165 Å². The highest BCUT2D eigenvalue weighted by atomic mass is 16.2. The third-order valence-corrected chi connectivity index (χ3v) is 12.2. The van der Waals surface area contributed by atoms with Crippen LogP contribution < -0.4 is 30.4 Å². The van der Waals surface area contributed by atoms with E-state index < -0.39 is 0 Å². The summed E-state index contributed by atoms with van der Waals surface area (Å²) in [6.45, 7) is 7.04. The van der Waals surface area contributed by atoms with E-state index in [0.29, 0.717) is 35.3 Å². The number of hydrogen-bond acceptors (Lipinski definition) is 4. The van der Waals surface area contributed by atoms with E-state index in [9.17, 15) is 19.2 Å². The largest absolute Gasteiger partial charge is 0.348 e. The van der Waals surface area contributed by atoms with E-state index in [1.807, 2.05) is 82.5 Å².